The molecule has 0 aromatic heterocycles. The van der Waals surface area contributed by atoms with Crippen molar-refractivity contribution in [2.45, 2.75) is 18.5 Å². The Bertz CT molecular complexity index is 525. The van der Waals surface area contributed by atoms with Crippen molar-refractivity contribution in [2.24, 2.45) is 5.92 Å². The van der Waals surface area contributed by atoms with Gasteiger partial charge in [0.05, 0.1) is 11.2 Å². The maximum absolute atomic E-state index is 12.0. The van der Waals surface area contributed by atoms with Gasteiger partial charge in [-0.2, -0.15) is 0 Å². The van der Waals surface area contributed by atoms with Crippen LogP contribution >= 0.6 is 11.8 Å². The molecule has 0 aliphatic carbocycles. The van der Waals surface area contributed by atoms with Gasteiger partial charge in [-0.1, -0.05) is 12.1 Å². The first kappa shape index (κ1) is 14.9. The summed E-state index contributed by atoms with van der Waals surface area (Å²) < 4.78 is 39.8. The average molecular weight is 304 g/mol. The Labute approximate surface area is 117 Å². The molecule has 2 unspecified atom stereocenters. The van der Waals surface area contributed by atoms with E-state index < -0.39 is 17.5 Å². The topological polar surface area (TPSA) is 43.4 Å². The van der Waals surface area contributed by atoms with Crippen LogP contribution in [0.2, 0.25) is 0 Å². The number of hydrogen-bond acceptors (Lipinski definition) is 4. The quantitative estimate of drug-likeness (QED) is 0.805. The molecule has 0 amide bonds. The minimum absolute atomic E-state index is 0.179. The van der Waals surface area contributed by atoms with Crippen molar-refractivity contribution in [3.8, 4) is 5.75 Å². The van der Waals surface area contributed by atoms with Crippen LogP contribution in [0.5, 0.6) is 5.75 Å². The van der Waals surface area contributed by atoms with E-state index in [0.717, 1.165) is 12.1 Å². The molecule has 0 radical (unpaired) electrons. The normalized spacial score (nSPS) is 22.9. The Morgan fingerprint density at radius 2 is 1.90 bits per heavy atom. The number of carbonyl (C=O) groups is 2. The fourth-order valence-corrected chi connectivity index (χ4v) is 3.42. The van der Waals surface area contributed by atoms with E-state index in [0.29, 0.717) is 11.3 Å². The zero-order valence-electron chi connectivity index (χ0n) is 10.4. The van der Waals surface area contributed by atoms with Crippen LogP contribution < -0.4 is 4.74 Å². The number of halogens is 3. The zero-order valence-corrected chi connectivity index (χ0v) is 11.3. The Hall–Kier alpha value is -1.50. The molecule has 3 nitrogen and oxygen atoms in total. The summed E-state index contributed by atoms with van der Waals surface area (Å²) in [5.74, 6) is -0.899. The summed E-state index contributed by atoms with van der Waals surface area (Å²) in [5.41, 5.74) is 0.582. The molecule has 1 saturated heterocycles. The van der Waals surface area contributed by atoms with E-state index in [1.807, 2.05) is 0 Å². The van der Waals surface area contributed by atoms with Crippen molar-refractivity contribution in [1.29, 1.82) is 0 Å². The van der Waals surface area contributed by atoms with Crippen molar-refractivity contribution < 1.29 is 27.5 Å². The summed E-state index contributed by atoms with van der Waals surface area (Å²) in [6.45, 7) is 1.37. The number of rotatable bonds is 3. The molecule has 0 saturated carbocycles. The van der Waals surface area contributed by atoms with E-state index in [9.17, 15) is 22.8 Å². The lowest BCUT2D eigenvalue weighted by molar-refractivity contribution is -0.274. The first-order chi connectivity index (χ1) is 9.28. The van der Waals surface area contributed by atoms with Crippen LogP contribution in [0.3, 0.4) is 0 Å². The van der Waals surface area contributed by atoms with Crippen LogP contribution in [0.25, 0.3) is 0 Å². The molecule has 1 aromatic carbocycles. The predicted octanol–water partition coefficient (Wildman–Crippen LogP) is 3.15. The Morgan fingerprint density at radius 1 is 1.30 bits per heavy atom. The van der Waals surface area contributed by atoms with Gasteiger partial charge in [0, 0.05) is 5.75 Å². The van der Waals surface area contributed by atoms with E-state index in [1.54, 1.807) is 0 Å². The summed E-state index contributed by atoms with van der Waals surface area (Å²) >= 11 is 1.33. The first-order valence-corrected chi connectivity index (χ1v) is 6.84. The monoisotopic (exact) mass is 304 g/mol. The molecule has 1 aromatic rings. The van der Waals surface area contributed by atoms with Crippen molar-refractivity contribution in [3.63, 3.8) is 0 Å². The van der Waals surface area contributed by atoms with Crippen molar-refractivity contribution in [1.82, 2.24) is 0 Å². The number of ether oxygens (including phenoxy) is 1. The highest BCUT2D eigenvalue weighted by Gasteiger charge is 2.38. The molecular weight excluding hydrogens is 293 g/mol. The fraction of sp³-hybridized carbons (Fsp3) is 0.385. The smallest absolute Gasteiger partial charge is 0.406 e. The second-order valence-corrected chi connectivity index (χ2v) is 5.53. The minimum Gasteiger partial charge on any atom is -0.406 e. The molecule has 0 N–H and O–H groups in total. The van der Waals surface area contributed by atoms with Gasteiger partial charge in [-0.25, -0.2) is 0 Å². The van der Waals surface area contributed by atoms with E-state index in [4.69, 9.17) is 0 Å². The van der Waals surface area contributed by atoms with Gasteiger partial charge in [0.2, 0.25) is 0 Å². The molecule has 1 aliphatic rings. The van der Waals surface area contributed by atoms with Crippen LogP contribution in [-0.4, -0.2) is 23.7 Å². The van der Waals surface area contributed by atoms with Gasteiger partial charge in [0.25, 0.3) is 0 Å². The van der Waals surface area contributed by atoms with Gasteiger partial charge in [0.15, 0.2) is 5.78 Å². The molecule has 108 valence electrons. The van der Waals surface area contributed by atoms with E-state index >= 15 is 0 Å². The summed E-state index contributed by atoms with van der Waals surface area (Å²) in [5, 5.41) is -0.496. The highest BCUT2D eigenvalue weighted by Crippen LogP contribution is 2.41. The molecular formula is C13H11F3O3S. The third-order valence-corrected chi connectivity index (χ3v) is 4.30. The summed E-state index contributed by atoms with van der Waals surface area (Å²) in [6, 6.07) is 5.16. The van der Waals surface area contributed by atoms with Gasteiger partial charge in [0.1, 0.15) is 11.5 Å². The first-order valence-electron chi connectivity index (χ1n) is 5.79. The van der Waals surface area contributed by atoms with Crippen LogP contribution in [-0.2, 0) is 9.59 Å². The maximum Gasteiger partial charge on any atom is 0.573 e. The lowest BCUT2D eigenvalue weighted by Crippen LogP contribution is -2.20. The predicted molar refractivity (Wildman–Crippen MR) is 67.5 cm³/mol. The van der Waals surface area contributed by atoms with Crippen LogP contribution in [0.4, 0.5) is 13.2 Å². The Morgan fingerprint density at radius 3 is 2.35 bits per heavy atom. The third kappa shape index (κ3) is 3.33. The summed E-state index contributed by atoms with van der Waals surface area (Å²) in [6.07, 6.45) is -4.74. The largest absolute Gasteiger partial charge is 0.573 e. The van der Waals surface area contributed by atoms with E-state index in [1.165, 1.54) is 30.8 Å². The fourth-order valence-electron chi connectivity index (χ4n) is 1.96. The molecule has 0 bridgehead atoms. The van der Waals surface area contributed by atoms with Gasteiger partial charge in [-0.15, -0.1) is 24.9 Å². The standard InChI is InChI=1S/C13H11F3O3S/c1-7(17)10-6-20-12(11(10)18)8-2-4-9(5-3-8)19-13(14,15)16/h2-5,10,12H,6H2,1H3. The van der Waals surface area contributed by atoms with Crippen molar-refractivity contribution in [2.75, 3.05) is 5.75 Å². The lowest BCUT2D eigenvalue weighted by Gasteiger charge is -2.11. The zero-order chi connectivity index (χ0) is 14.9. The highest BCUT2D eigenvalue weighted by molar-refractivity contribution is 8.00. The molecule has 1 aliphatic heterocycles. The Balaban J connectivity index is 2.11. The molecule has 2 rings (SSSR count). The molecule has 20 heavy (non-hydrogen) atoms. The molecule has 7 heteroatoms. The Kier molecular flexibility index (Phi) is 4.08. The second-order valence-electron chi connectivity index (χ2n) is 4.40. The molecule has 2 atom stereocenters. The third-order valence-electron chi connectivity index (χ3n) is 2.94. The molecule has 1 fully saturated rings. The van der Waals surface area contributed by atoms with E-state index in [2.05, 4.69) is 4.74 Å². The number of benzene rings is 1. The number of ketones is 2. The summed E-state index contributed by atoms with van der Waals surface area (Å²) in [7, 11) is 0. The maximum atomic E-state index is 12.0. The minimum atomic E-state index is -4.74. The number of hydrogen-bond donors (Lipinski definition) is 0. The molecule has 1 heterocycles. The number of thioether (sulfide) groups is 1. The molecule has 0 spiro atoms. The number of alkyl halides is 3. The number of carbonyl (C=O) groups excluding carboxylic acids is 2. The second kappa shape index (κ2) is 5.47. The van der Waals surface area contributed by atoms with Gasteiger partial charge in [-0.05, 0) is 24.6 Å². The average Bonchev–Trinajstić information content (AvgIpc) is 2.70. The van der Waals surface area contributed by atoms with Gasteiger partial charge >= 0.3 is 6.36 Å². The SMILES string of the molecule is CC(=O)C1CSC(c2ccc(OC(F)(F)F)cc2)C1=O. The van der Waals surface area contributed by atoms with Gasteiger partial charge < -0.3 is 4.74 Å². The summed E-state index contributed by atoms with van der Waals surface area (Å²) in [4.78, 5) is 23.3. The van der Waals surface area contributed by atoms with Crippen molar-refractivity contribution in [3.05, 3.63) is 29.8 Å². The van der Waals surface area contributed by atoms with Crippen LogP contribution in [0.15, 0.2) is 24.3 Å². The van der Waals surface area contributed by atoms with Crippen LogP contribution in [0.1, 0.15) is 17.7 Å². The lowest BCUT2D eigenvalue weighted by atomic mass is 9.96. The van der Waals surface area contributed by atoms with Gasteiger partial charge in [-0.3, -0.25) is 9.59 Å². The highest BCUT2D eigenvalue weighted by atomic mass is 32.2. The van der Waals surface area contributed by atoms with Crippen LogP contribution in [0, 0.1) is 5.92 Å². The van der Waals surface area contributed by atoms with E-state index in [-0.39, 0.29) is 17.3 Å². The number of Topliss-reactive ketones (excluding diaryl/α,β-unsaturated/α-hetero) is 2. The van der Waals surface area contributed by atoms with Crippen molar-refractivity contribution >= 4 is 23.3 Å².